The number of nitrogens with one attached hydrogen (secondary N) is 1. The molecule has 0 saturated heterocycles. The van der Waals surface area contributed by atoms with Crippen LogP contribution >= 0.6 is 0 Å². The number of para-hydroxylation sites is 1. The first-order chi connectivity index (χ1) is 13.1. The normalized spacial score (nSPS) is 12.8. The molecule has 7 nitrogen and oxygen atoms in total. The molecule has 0 unspecified atom stereocenters. The van der Waals surface area contributed by atoms with Crippen LogP contribution in [0.3, 0.4) is 0 Å². The number of benzene rings is 2. The molecular weight excluding hydrogens is 433 g/mol. The van der Waals surface area contributed by atoms with Crippen LogP contribution in [0.15, 0.2) is 46.2 Å². The second kappa shape index (κ2) is 7.84. The molecule has 2 aromatic rings. The largest absolute Gasteiger partial charge is 0.573 e. The third-order valence-electron chi connectivity index (χ3n) is 4.03. The fourth-order valence-corrected chi connectivity index (χ4v) is 4.63. The molecule has 12 heteroatoms. The van der Waals surface area contributed by atoms with Gasteiger partial charge in [0.05, 0.1) is 10.6 Å². The average Bonchev–Trinajstić information content (AvgIpc) is 2.57. The molecule has 0 atom stereocenters. The molecule has 0 aliphatic carbocycles. The number of aryl methyl sites for hydroxylation is 1. The molecule has 1 N–H and O–H groups in total. The third-order valence-corrected chi connectivity index (χ3v) is 7.23. The fourth-order valence-electron chi connectivity index (χ4n) is 2.37. The van der Waals surface area contributed by atoms with E-state index in [9.17, 15) is 30.0 Å². The second-order valence-electron chi connectivity index (χ2n) is 6.30. The van der Waals surface area contributed by atoms with E-state index in [1.165, 1.54) is 32.3 Å². The smallest absolute Gasteiger partial charge is 0.404 e. The molecule has 0 aromatic heterocycles. The molecule has 0 spiro atoms. The van der Waals surface area contributed by atoms with Crippen LogP contribution in [0.4, 0.5) is 18.9 Å². The van der Waals surface area contributed by atoms with E-state index >= 15 is 0 Å². The molecule has 0 saturated carbocycles. The third kappa shape index (κ3) is 5.19. The lowest BCUT2D eigenvalue weighted by atomic mass is 10.1. The number of ether oxygens (including phenoxy) is 1. The van der Waals surface area contributed by atoms with Gasteiger partial charge in [0.2, 0.25) is 10.0 Å². The van der Waals surface area contributed by atoms with Gasteiger partial charge in [-0.1, -0.05) is 12.1 Å². The Morgan fingerprint density at radius 3 is 2.14 bits per heavy atom. The summed E-state index contributed by atoms with van der Waals surface area (Å²) >= 11 is 0. The van der Waals surface area contributed by atoms with Crippen LogP contribution in [0.5, 0.6) is 5.75 Å². The number of sulfonamides is 2. The van der Waals surface area contributed by atoms with Crippen molar-refractivity contribution in [1.29, 1.82) is 0 Å². The Balaban J connectivity index is 2.56. The maximum absolute atomic E-state index is 12.7. The predicted molar refractivity (Wildman–Crippen MR) is 101 cm³/mol. The number of halogens is 3. The van der Waals surface area contributed by atoms with E-state index in [4.69, 9.17) is 0 Å². The lowest BCUT2D eigenvalue weighted by molar-refractivity contribution is -0.275. The Morgan fingerprint density at radius 2 is 1.59 bits per heavy atom. The minimum Gasteiger partial charge on any atom is -0.404 e. The SMILES string of the molecule is Cc1cc(S(=O)(=O)N(C)C)cc(NS(=O)(=O)c2ccccc2OC(F)(F)F)c1C. The van der Waals surface area contributed by atoms with Crippen LogP contribution in [-0.4, -0.2) is 41.6 Å². The minimum absolute atomic E-state index is 0.0766. The van der Waals surface area contributed by atoms with Gasteiger partial charge in [0, 0.05) is 14.1 Å². The van der Waals surface area contributed by atoms with Gasteiger partial charge in [-0.3, -0.25) is 4.72 Å². The van der Waals surface area contributed by atoms with E-state index in [2.05, 4.69) is 9.46 Å². The first-order valence-corrected chi connectivity index (χ1v) is 11.0. The van der Waals surface area contributed by atoms with Gasteiger partial charge in [0.25, 0.3) is 10.0 Å². The molecule has 0 aliphatic rings. The van der Waals surface area contributed by atoms with Crippen molar-refractivity contribution in [3.63, 3.8) is 0 Å². The Labute approximate surface area is 167 Å². The van der Waals surface area contributed by atoms with Crippen molar-refractivity contribution in [1.82, 2.24) is 4.31 Å². The van der Waals surface area contributed by atoms with E-state index in [1.807, 2.05) is 0 Å². The molecule has 2 aromatic carbocycles. The number of alkyl halides is 3. The minimum atomic E-state index is -5.09. The van der Waals surface area contributed by atoms with Crippen LogP contribution in [0, 0.1) is 13.8 Å². The zero-order chi connectivity index (χ0) is 22.2. The van der Waals surface area contributed by atoms with Crippen molar-refractivity contribution in [2.24, 2.45) is 0 Å². The molecule has 29 heavy (non-hydrogen) atoms. The second-order valence-corrected chi connectivity index (χ2v) is 10.1. The first kappa shape index (κ1) is 23.0. The van der Waals surface area contributed by atoms with Gasteiger partial charge >= 0.3 is 6.36 Å². The fraction of sp³-hybridized carbons (Fsp3) is 0.294. The van der Waals surface area contributed by atoms with Gasteiger partial charge in [-0.25, -0.2) is 21.1 Å². The molecule has 0 amide bonds. The van der Waals surface area contributed by atoms with E-state index in [1.54, 1.807) is 13.8 Å². The highest BCUT2D eigenvalue weighted by Crippen LogP contribution is 2.32. The average molecular weight is 452 g/mol. The van der Waals surface area contributed by atoms with Crippen LogP contribution in [-0.2, 0) is 20.0 Å². The molecule has 2 rings (SSSR count). The summed E-state index contributed by atoms with van der Waals surface area (Å²) in [6.45, 7) is 3.14. The van der Waals surface area contributed by atoms with Crippen molar-refractivity contribution in [3.8, 4) is 5.75 Å². The lowest BCUT2D eigenvalue weighted by Gasteiger charge is -2.18. The summed E-state index contributed by atoms with van der Waals surface area (Å²) in [6, 6.07) is 6.74. The Kier molecular flexibility index (Phi) is 6.21. The Morgan fingerprint density at radius 1 is 1.00 bits per heavy atom. The monoisotopic (exact) mass is 452 g/mol. The summed E-state index contributed by atoms with van der Waals surface area (Å²) in [7, 11) is -5.75. The molecule has 0 fully saturated rings. The van der Waals surface area contributed by atoms with Crippen LogP contribution in [0.25, 0.3) is 0 Å². The van der Waals surface area contributed by atoms with Crippen molar-refractivity contribution < 1.29 is 34.7 Å². The lowest BCUT2D eigenvalue weighted by Crippen LogP contribution is -2.23. The molecule has 0 bridgehead atoms. The van der Waals surface area contributed by atoms with Gasteiger partial charge in [-0.05, 0) is 49.2 Å². The first-order valence-electron chi connectivity index (χ1n) is 8.06. The van der Waals surface area contributed by atoms with E-state index in [0.717, 1.165) is 22.5 Å². The zero-order valence-electron chi connectivity index (χ0n) is 15.9. The summed E-state index contributed by atoms with van der Waals surface area (Å²) < 4.78 is 95.0. The van der Waals surface area contributed by atoms with Crippen molar-refractivity contribution >= 4 is 25.7 Å². The summed E-state index contributed by atoms with van der Waals surface area (Å²) in [6.07, 6.45) is -5.09. The van der Waals surface area contributed by atoms with E-state index in [0.29, 0.717) is 11.1 Å². The van der Waals surface area contributed by atoms with Gasteiger partial charge in [0.1, 0.15) is 10.6 Å². The predicted octanol–water partition coefficient (Wildman–Crippen LogP) is 3.25. The van der Waals surface area contributed by atoms with E-state index < -0.39 is 37.1 Å². The molecular formula is C17H19F3N2O5S2. The van der Waals surface area contributed by atoms with Crippen molar-refractivity contribution in [2.45, 2.75) is 30.0 Å². The standard InChI is InChI=1S/C17H19F3N2O5S2/c1-11-9-13(29(25,26)22(3)4)10-14(12(11)2)21-28(23,24)16-8-6-5-7-15(16)27-17(18,19)20/h5-10,21H,1-4H3. The summed E-state index contributed by atoms with van der Waals surface area (Å²) in [5, 5.41) is 0. The molecule has 0 radical (unpaired) electrons. The van der Waals surface area contributed by atoms with Gasteiger partial charge in [0.15, 0.2) is 0 Å². The van der Waals surface area contributed by atoms with Crippen molar-refractivity contribution in [3.05, 3.63) is 47.5 Å². The Hall–Kier alpha value is -2.31. The summed E-state index contributed by atoms with van der Waals surface area (Å²) in [5.74, 6) is -0.904. The van der Waals surface area contributed by atoms with Gasteiger partial charge in [-0.2, -0.15) is 0 Å². The molecule has 0 aliphatic heterocycles. The topological polar surface area (TPSA) is 92.8 Å². The number of anilines is 1. The van der Waals surface area contributed by atoms with Crippen LogP contribution in [0.1, 0.15) is 11.1 Å². The number of hydrogen-bond donors (Lipinski definition) is 1. The molecule has 160 valence electrons. The summed E-state index contributed by atoms with van der Waals surface area (Å²) in [5.41, 5.74) is 0.818. The number of nitrogens with zero attached hydrogens (tertiary/aromatic N) is 1. The zero-order valence-corrected chi connectivity index (χ0v) is 17.5. The maximum atomic E-state index is 12.7. The van der Waals surface area contributed by atoms with Crippen LogP contribution in [0.2, 0.25) is 0 Å². The Bertz CT molecular complexity index is 1130. The quantitative estimate of drug-likeness (QED) is 0.726. The highest BCUT2D eigenvalue weighted by atomic mass is 32.2. The molecule has 0 heterocycles. The van der Waals surface area contributed by atoms with Gasteiger partial charge < -0.3 is 4.74 Å². The van der Waals surface area contributed by atoms with E-state index in [-0.39, 0.29) is 10.6 Å². The van der Waals surface area contributed by atoms with Crippen LogP contribution < -0.4 is 9.46 Å². The van der Waals surface area contributed by atoms with Gasteiger partial charge in [-0.15, -0.1) is 13.2 Å². The number of hydrogen-bond acceptors (Lipinski definition) is 5. The number of rotatable bonds is 6. The summed E-state index contributed by atoms with van der Waals surface area (Å²) in [4.78, 5) is -0.904. The van der Waals surface area contributed by atoms with Crippen molar-refractivity contribution in [2.75, 3.05) is 18.8 Å². The maximum Gasteiger partial charge on any atom is 0.573 e. The highest BCUT2D eigenvalue weighted by molar-refractivity contribution is 7.92. The highest BCUT2D eigenvalue weighted by Gasteiger charge is 2.34.